The molecule has 0 aliphatic rings. The van der Waals surface area contributed by atoms with Crippen LogP contribution in [-0.2, 0) is 14.3 Å². The zero-order valence-electron chi connectivity index (χ0n) is 34.6. The SMILES string of the molecule is CC/C=C/C=C/C=C/C=C\CCCCCCCC(=O)OC(CCCCC/C=C\CCCC)CC(=O)NC(CO)C(O)CCCCCCCCCCCC. The maximum atomic E-state index is 13.1. The van der Waals surface area contributed by atoms with Gasteiger partial charge in [-0.3, -0.25) is 9.59 Å². The first-order valence-electron chi connectivity index (χ1n) is 22.1. The Kier molecular flexibility index (Phi) is 38.9. The predicted octanol–water partition coefficient (Wildman–Crippen LogP) is 12.5. The van der Waals surface area contributed by atoms with Crippen LogP contribution in [0.5, 0.6) is 0 Å². The van der Waals surface area contributed by atoms with Crippen molar-refractivity contribution in [3.05, 3.63) is 60.8 Å². The van der Waals surface area contributed by atoms with Gasteiger partial charge in [-0.15, -0.1) is 0 Å². The average Bonchev–Trinajstić information content (AvgIpc) is 3.15. The number of allylic oxidation sites excluding steroid dienone is 10. The first kappa shape index (κ1) is 50.6. The van der Waals surface area contributed by atoms with Crippen LogP contribution in [0.1, 0.15) is 201 Å². The number of rotatable bonds is 38. The van der Waals surface area contributed by atoms with E-state index < -0.39 is 18.2 Å². The summed E-state index contributed by atoms with van der Waals surface area (Å²) in [6, 6.07) is -0.709. The van der Waals surface area contributed by atoms with Crippen LogP contribution >= 0.6 is 0 Å². The molecule has 0 aromatic heterocycles. The summed E-state index contributed by atoms with van der Waals surface area (Å²) in [6.45, 7) is 6.25. The second-order valence-corrected chi connectivity index (χ2v) is 14.8. The molecule has 0 saturated carbocycles. The van der Waals surface area contributed by atoms with E-state index in [-0.39, 0.29) is 24.9 Å². The van der Waals surface area contributed by atoms with Crippen LogP contribution in [0, 0.1) is 0 Å². The van der Waals surface area contributed by atoms with Crippen LogP contribution in [-0.4, -0.2) is 46.9 Å². The van der Waals surface area contributed by atoms with Crippen LogP contribution in [0.25, 0.3) is 0 Å². The fourth-order valence-corrected chi connectivity index (χ4v) is 6.30. The van der Waals surface area contributed by atoms with Crippen molar-refractivity contribution in [2.75, 3.05) is 6.61 Å². The molecule has 6 heteroatoms. The molecule has 0 bridgehead atoms. The first-order valence-corrected chi connectivity index (χ1v) is 22.1. The van der Waals surface area contributed by atoms with E-state index in [0.717, 1.165) is 96.3 Å². The Balaban J connectivity index is 4.61. The van der Waals surface area contributed by atoms with E-state index >= 15 is 0 Å². The third-order valence-corrected chi connectivity index (χ3v) is 9.68. The number of esters is 1. The van der Waals surface area contributed by atoms with Gasteiger partial charge in [-0.25, -0.2) is 0 Å². The molecule has 3 atom stereocenters. The van der Waals surface area contributed by atoms with Crippen LogP contribution in [0.4, 0.5) is 0 Å². The Labute approximate surface area is 327 Å². The molecule has 53 heavy (non-hydrogen) atoms. The predicted molar refractivity (Wildman–Crippen MR) is 227 cm³/mol. The van der Waals surface area contributed by atoms with Gasteiger partial charge in [0.2, 0.25) is 5.91 Å². The van der Waals surface area contributed by atoms with Gasteiger partial charge in [0.25, 0.3) is 0 Å². The lowest BCUT2D eigenvalue weighted by atomic mass is 10.0. The smallest absolute Gasteiger partial charge is 0.306 e. The summed E-state index contributed by atoms with van der Waals surface area (Å²) < 4.78 is 5.86. The third-order valence-electron chi connectivity index (χ3n) is 9.68. The van der Waals surface area contributed by atoms with E-state index in [0.29, 0.717) is 19.3 Å². The molecule has 1 amide bonds. The molecule has 0 aromatic carbocycles. The zero-order valence-corrected chi connectivity index (χ0v) is 34.6. The van der Waals surface area contributed by atoms with Crippen molar-refractivity contribution in [1.82, 2.24) is 5.32 Å². The monoisotopic (exact) mass is 742 g/mol. The van der Waals surface area contributed by atoms with Gasteiger partial charge in [-0.1, -0.05) is 184 Å². The number of aliphatic hydroxyl groups excluding tert-OH is 2. The van der Waals surface area contributed by atoms with E-state index in [1.807, 2.05) is 18.2 Å². The van der Waals surface area contributed by atoms with Gasteiger partial charge >= 0.3 is 5.97 Å². The maximum absolute atomic E-state index is 13.1. The molecular formula is C47H83NO5. The number of nitrogens with one attached hydrogen (secondary N) is 1. The Hall–Kier alpha value is -2.44. The molecule has 0 spiro atoms. The summed E-state index contributed by atoms with van der Waals surface area (Å²) in [5, 5.41) is 23.5. The normalized spacial score (nSPS) is 14.0. The number of unbranched alkanes of at least 4 members (excludes halogenated alkanes) is 19. The molecule has 3 unspecified atom stereocenters. The molecule has 0 aliphatic carbocycles. The van der Waals surface area contributed by atoms with Crippen molar-refractivity contribution in [1.29, 1.82) is 0 Å². The number of hydrogen-bond acceptors (Lipinski definition) is 5. The Morgan fingerprint density at radius 3 is 1.68 bits per heavy atom. The van der Waals surface area contributed by atoms with Crippen molar-refractivity contribution in [3.63, 3.8) is 0 Å². The summed E-state index contributed by atoms with van der Waals surface area (Å²) in [6.07, 6.45) is 48.5. The van der Waals surface area contributed by atoms with E-state index in [2.05, 4.69) is 68.6 Å². The molecule has 0 saturated heterocycles. The van der Waals surface area contributed by atoms with E-state index in [1.54, 1.807) is 0 Å². The maximum Gasteiger partial charge on any atom is 0.306 e. The fourth-order valence-electron chi connectivity index (χ4n) is 6.30. The van der Waals surface area contributed by atoms with Crippen molar-refractivity contribution in [2.45, 2.75) is 219 Å². The van der Waals surface area contributed by atoms with Crippen molar-refractivity contribution < 1.29 is 24.5 Å². The summed E-state index contributed by atoms with van der Waals surface area (Å²) in [4.78, 5) is 25.9. The molecule has 6 nitrogen and oxygen atoms in total. The lowest BCUT2D eigenvalue weighted by Gasteiger charge is -2.24. The van der Waals surface area contributed by atoms with Gasteiger partial charge in [0, 0.05) is 6.42 Å². The Morgan fingerprint density at radius 1 is 0.566 bits per heavy atom. The van der Waals surface area contributed by atoms with Crippen LogP contribution < -0.4 is 5.32 Å². The Bertz CT molecular complexity index is 968. The van der Waals surface area contributed by atoms with Crippen LogP contribution in [0.3, 0.4) is 0 Å². The molecule has 3 N–H and O–H groups in total. The standard InChI is InChI=1S/C47H83NO5/c1-4-7-10-13-16-19-21-22-23-24-25-28-31-34-37-40-47(52)53-43(38-35-32-29-26-18-15-12-9-6-3)41-46(51)48-44(42-49)45(50)39-36-33-30-27-20-17-14-11-8-5-2/h7,10,13,15-16,18-19,21-23,43-45,49-50H,4-6,8-9,11-12,14,17,20,24-42H2,1-3H3,(H,48,51)/b10-7+,16-13+,18-15-,21-19+,23-22-. The van der Waals surface area contributed by atoms with Gasteiger partial charge in [0.15, 0.2) is 0 Å². The second-order valence-electron chi connectivity index (χ2n) is 14.8. The quantitative estimate of drug-likeness (QED) is 0.0253. The number of amides is 1. The van der Waals surface area contributed by atoms with Gasteiger partial charge in [0.05, 0.1) is 25.2 Å². The van der Waals surface area contributed by atoms with Crippen LogP contribution in [0.2, 0.25) is 0 Å². The molecule has 306 valence electrons. The van der Waals surface area contributed by atoms with Crippen molar-refractivity contribution >= 4 is 11.9 Å². The number of carbonyl (C=O) groups excluding carboxylic acids is 2. The molecule has 0 aromatic rings. The highest BCUT2D eigenvalue weighted by atomic mass is 16.5. The van der Waals surface area contributed by atoms with Gasteiger partial charge in [-0.05, 0) is 64.2 Å². The number of hydrogen-bond donors (Lipinski definition) is 3. The highest BCUT2D eigenvalue weighted by Gasteiger charge is 2.24. The number of aliphatic hydroxyl groups is 2. The van der Waals surface area contributed by atoms with Crippen molar-refractivity contribution in [3.8, 4) is 0 Å². The summed E-state index contributed by atoms with van der Waals surface area (Å²) in [7, 11) is 0. The lowest BCUT2D eigenvalue weighted by Crippen LogP contribution is -2.46. The molecule has 0 fully saturated rings. The summed E-state index contributed by atoms with van der Waals surface area (Å²) in [5.41, 5.74) is 0. The third kappa shape index (κ3) is 36.3. The minimum absolute atomic E-state index is 0.0546. The van der Waals surface area contributed by atoms with Gasteiger partial charge in [-0.2, -0.15) is 0 Å². The molecular weight excluding hydrogens is 659 g/mol. The lowest BCUT2D eigenvalue weighted by molar-refractivity contribution is -0.151. The molecule has 0 aliphatic heterocycles. The van der Waals surface area contributed by atoms with Gasteiger partial charge < -0.3 is 20.3 Å². The average molecular weight is 742 g/mol. The van der Waals surface area contributed by atoms with Crippen molar-refractivity contribution in [2.24, 2.45) is 0 Å². The summed E-state index contributed by atoms with van der Waals surface area (Å²) >= 11 is 0. The van der Waals surface area contributed by atoms with E-state index in [9.17, 15) is 19.8 Å². The summed E-state index contributed by atoms with van der Waals surface area (Å²) in [5.74, 6) is -0.525. The topological polar surface area (TPSA) is 95.9 Å². The van der Waals surface area contributed by atoms with Crippen LogP contribution in [0.15, 0.2) is 60.8 Å². The number of ether oxygens (including phenoxy) is 1. The fraction of sp³-hybridized carbons (Fsp3) is 0.745. The largest absolute Gasteiger partial charge is 0.462 e. The van der Waals surface area contributed by atoms with E-state index in [1.165, 1.54) is 57.8 Å². The molecule has 0 heterocycles. The van der Waals surface area contributed by atoms with Gasteiger partial charge in [0.1, 0.15) is 6.10 Å². The highest BCUT2D eigenvalue weighted by Crippen LogP contribution is 2.17. The van der Waals surface area contributed by atoms with E-state index in [4.69, 9.17) is 4.74 Å². The highest BCUT2D eigenvalue weighted by molar-refractivity contribution is 5.77. The molecule has 0 rings (SSSR count). The molecule has 0 radical (unpaired) electrons. The minimum atomic E-state index is -0.794. The second kappa shape index (κ2) is 40.7. The first-order chi connectivity index (χ1) is 26.0. The zero-order chi connectivity index (χ0) is 38.9. The Morgan fingerprint density at radius 2 is 1.06 bits per heavy atom. The minimum Gasteiger partial charge on any atom is -0.462 e. The number of carbonyl (C=O) groups is 2.